The molecule has 0 unspecified atom stereocenters. The number of ether oxygens (including phenoxy) is 1. The second kappa shape index (κ2) is 5.42. The Bertz CT molecular complexity index is 108. The first-order valence-corrected chi connectivity index (χ1v) is 3.65. The maximum atomic E-state index is 4.91. The monoisotopic (exact) mass is 143 g/mol. The van der Waals surface area contributed by atoms with E-state index in [1.807, 2.05) is 6.92 Å². The van der Waals surface area contributed by atoms with Crippen LogP contribution >= 0.6 is 0 Å². The molecule has 0 rings (SSSR count). The van der Waals surface area contributed by atoms with Crippen LogP contribution in [0.4, 0.5) is 0 Å². The number of rotatable bonds is 4. The van der Waals surface area contributed by atoms with Crippen LogP contribution in [0.15, 0.2) is 4.99 Å². The smallest absolute Gasteiger partial charge is 0.0837 e. The molecular weight excluding hydrogens is 126 g/mol. The van der Waals surface area contributed by atoms with Gasteiger partial charge in [-0.15, -0.1) is 0 Å². The van der Waals surface area contributed by atoms with Gasteiger partial charge in [0.15, 0.2) is 0 Å². The van der Waals surface area contributed by atoms with Gasteiger partial charge in [0.05, 0.1) is 6.61 Å². The van der Waals surface area contributed by atoms with Crippen molar-refractivity contribution in [3.8, 4) is 0 Å². The molecule has 0 bridgehead atoms. The molecule has 10 heavy (non-hydrogen) atoms. The lowest BCUT2D eigenvalue weighted by Gasteiger charge is -2.00. The highest BCUT2D eigenvalue weighted by Crippen LogP contribution is 1.92. The SMILES string of the molecule is COCC(C)=NCC(C)C. The van der Waals surface area contributed by atoms with Crippen molar-refractivity contribution in [2.45, 2.75) is 20.8 Å². The quantitative estimate of drug-likeness (QED) is 0.549. The summed E-state index contributed by atoms with van der Waals surface area (Å²) in [4.78, 5) is 4.31. The van der Waals surface area contributed by atoms with Crippen LogP contribution in [0.2, 0.25) is 0 Å². The fourth-order valence-corrected chi connectivity index (χ4v) is 0.593. The third-order valence-corrected chi connectivity index (χ3v) is 1.08. The van der Waals surface area contributed by atoms with E-state index in [2.05, 4.69) is 18.8 Å². The van der Waals surface area contributed by atoms with E-state index >= 15 is 0 Å². The lowest BCUT2D eigenvalue weighted by Crippen LogP contribution is -2.04. The Balaban J connectivity index is 3.47. The Kier molecular flexibility index (Phi) is 5.22. The minimum Gasteiger partial charge on any atom is -0.379 e. The van der Waals surface area contributed by atoms with Gasteiger partial charge >= 0.3 is 0 Å². The van der Waals surface area contributed by atoms with Crippen molar-refractivity contribution in [2.24, 2.45) is 10.9 Å². The van der Waals surface area contributed by atoms with Crippen LogP contribution in [0.1, 0.15) is 20.8 Å². The van der Waals surface area contributed by atoms with Crippen molar-refractivity contribution in [2.75, 3.05) is 20.3 Å². The molecule has 0 saturated heterocycles. The van der Waals surface area contributed by atoms with Crippen molar-refractivity contribution in [3.05, 3.63) is 0 Å². The second-order valence-electron chi connectivity index (χ2n) is 2.90. The third kappa shape index (κ3) is 5.76. The van der Waals surface area contributed by atoms with Crippen LogP contribution in [-0.4, -0.2) is 26.0 Å². The van der Waals surface area contributed by atoms with Crippen molar-refractivity contribution < 1.29 is 4.74 Å². The van der Waals surface area contributed by atoms with Gasteiger partial charge in [0.2, 0.25) is 0 Å². The largest absolute Gasteiger partial charge is 0.379 e. The van der Waals surface area contributed by atoms with Crippen molar-refractivity contribution in [1.82, 2.24) is 0 Å². The fraction of sp³-hybridized carbons (Fsp3) is 0.875. The molecule has 0 aliphatic carbocycles. The van der Waals surface area contributed by atoms with E-state index in [-0.39, 0.29) is 0 Å². The van der Waals surface area contributed by atoms with E-state index in [4.69, 9.17) is 4.74 Å². The summed E-state index contributed by atoms with van der Waals surface area (Å²) in [6.07, 6.45) is 0. The van der Waals surface area contributed by atoms with Gasteiger partial charge in [-0.25, -0.2) is 0 Å². The third-order valence-electron chi connectivity index (χ3n) is 1.08. The van der Waals surface area contributed by atoms with Crippen molar-refractivity contribution >= 4 is 5.71 Å². The summed E-state index contributed by atoms with van der Waals surface area (Å²) in [7, 11) is 1.69. The van der Waals surface area contributed by atoms with E-state index in [1.165, 1.54) is 0 Å². The molecule has 0 aromatic rings. The maximum absolute atomic E-state index is 4.91. The Morgan fingerprint density at radius 3 is 2.50 bits per heavy atom. The summed E-state index contributed by atoms with van der Waals surface area (Å²) in [5, 5.41) is 0. The first kappa shape index (κ1) is 9.63. The predicted molar refractivity (Wildman–Crippen MR) is 44.7 cm³/mol. The van der Waals surface area contributed by atoms with Crippen LogP contribution < -0.4 is 0 Å². The molecule has 0 amide bonds. The van der Waals surface area contributed by atoms with Crippen LogP contribution in [0.5, 0.6) is 0 Å². The predicted octanol–water partition coefficient (Wildman–Crippen LogP) is 1.75. The van der Waals surface area contributed by atoms with Gasteiger partial charge in [0.25, 0.3) is 0 Å². The zero-order valence-electron chi connectivity index (χ0n) is 7.35. The highest BCUT2D eigenvalue weighted by atomic mass is 16.5. The van der Waals surface area contributed by atoms with Crippen LogP contribution in [0.25, 0.3) is 0 Å². The fourth-order valence-electron chi connectivity index (χ4n) is 0.593. The van der Waals surface area contributed by atoms with E-state index in [0.29, 0.717) is 12.5 Å². The van der Waals surface area contributed by atoms with Gasteiger partial charge < -0.3 is 4.74 Å². The zero-order valence-corrected chi connectivity index (χ0v) is 7.35. The summed E-state index contributed by atoms with van der Waals surface area (Å²) in [5.74, 6) is 0.645. The number of hydrogen-bond donors (Lipinski definition) is 0. The summed E-state index contributed by atoms with van der Waals surface area (Å²) in [6, 6.07) is 0. The van der Waals surface area contributed by atoms with Crippen LogP contribution in [0.3, 0.4) is 0 Å². The normalized spacial score (nSPS) is 12.7. The molecule has 60 valence electrons. The molecule has 0 radical (unpaired) electrons. The first-order chi connectivity index (χ1) is 4.66. The van der Waals surface area contributed by atoms with Gasteiger partial charge in [-0.1, -0.05) is 13.8 Å². The van der Waals surface area contributed by atoms with Gasteiger partial charge in [0, 0.05) is 19.4 Å². The second-order valence-corrected chi connectivity index (χ2v) is 2.90. The summed E-state index contributed by atoms with van der Waals surface area (Å²) in [6.45, 7) is 7.88. The molecule has 0 N–H and O–H groups in total. The molecule has 0 aliphatic rings. The Labute approximate surface area is 63.3 Å². The molecule has 0 saturated carbocycles. The summed E-state index contributed by atoms with van der Waals surface area (Å²) in [5.41, 5.74) is 1.08. The van der Waals surface area contributed by atoms with Crippen LogP contribution in [-0.2, 0) is 4.74 Å². The molecule has 0 heterocycles. The molecule has 2 heteroatoms. The number of methoxy groups -OCH3 is 1. The summed E-state index contributed by atoms with van der Waals surface area (Å²) < 4.78 is 4.91. The summed E-state index contributed by atoms with van der Waals surface area (Å²) >= 11 is 0. The first-order valence-electron chi connectivity index (χ1n) is 3.65. The lowest BCUT2D eigenvalue weighted by atomic mass is 10.2. The molecule has 0 aliphatic heterocycles. The highest BCUT2D eigenvalue weighted by molar-refractivity contribution is 5.83. The van der Waals surface area contributed by atoms with Crippen molar-refractivity contribution in [1.29, 1.82) is 0 Å². The molecular formula is C8H17NO. The molecule has 0 fully saturated rings. The molecule has 0 aromatic heterocycles. The Morgan fingerprint density at radius 1 is 1.50 bits per heavy atom. The Hall–Kier alpha value is -0.370. The number of hydrogen-bond acceptors (Lipinski definition) is 2. The number of nitrogens with zero attached hydrogens (tertiary/aromatic N) is 1. The van der Waals surface area contributed by atoms with Gasteiger partial charge in [0.1, 0.15) is 0 Å². The van der Waals surface area contributed by atoms with E-state index in [9.17, 15) is 0 Å². The molecule has 2 nitrogen and oxygen atoms in total. The average Bonchev–Trinajstić information content (AvgIpc) is 1.85. The minimum atomic E-state index is 0.645. The van der Waals surface area contributed by atoms with Gasteiger partial charge in [-0.3, -0.25) is 4.99 Å². The topological polar surface area (TPSA) is 21.6 Å². The molecule has 0 aromatic carbocycles. The number of aliphatic imine (C=N–C) groups is 1. The van der Waals surface area contributed by atoms with E-state index in [0.717, 1.165) is 12.3 Å². The van der Waals surface area contributed by atoms with E-state index < -0.39 is 0 Å². The van der Waals surface area contributed by atoms with Gasteiger partial charge in [-0.2, -0.15) is 0 Å². The van der Waals surface area contributed by atoms with Crippen molar-refractivity contribution in [3.63, 3.8) is 0 Å². The molecule has 0 atom stereocenters. The molecule has 0 spiro atoms. The van der Waals surface area contributed by atoms with E-state index in [1.54, 1.807) is 7.11 Å². The average molecular weight is 143 g/mol. The maximum Gasteiger partial charge on any atom is 0.0837 e. The highest BCUT2D eigenvalue weighted by Gasteiger charge is 1.91. The van der Waals surface area contributed by atoms with Crippen LogP contribution in [0, 0.1) is 5.92 Å². The standard InChI is InChI=1S/C8H17NO/c1-7(2)5-9-8(3)6-10-4/h7H,5-6H2,1-4H3. The lowest BCUT2D eigenvalue weighted by molar-refractivity contribution is 0.244. The van der Waals surface area contributed by atoms with Gasteiger partial charge in [-0.05, 0) is 12.8 Å². The Morgan fingerprint density at radius 2 is 2.10 bits per heavy atom. The minimum absolute atomic E-state index is 0.645. The zero-order chi connectivity index (χ0) is 7.98.